The molecule has 2 rings (SSSR count). The second kappa shape index (κ2) is 6.88. The van der Waals surface area contributed by atoms with Crippen LogP contribution in [0.4, 0.5) is 4.39 Å². The van der Waals surface area contributed by atoms with E-state index in [-0.39, 0.29) is 17.8 Å². The summed E-state index contributed by atoms with van der Waals surface area (Å²) in [6.45, 7) is 0.559. The number of nitrogens with zero attached hydrogens (tertiary/aromatic N) is 1. The molecule has 116 valence electrons. The lowest BCUT2D eigenvalue weighted by Gasteiger charge is -2.44. The molecule has 0 saturated heterocycles. The average Bonchev–Trinajstić information content (AvgIpc) is 2.37. The second-order valence-electron chi connectivity index (χ2n) is 5.99. The number of rotatable bonds is 5. The molecule has 0 heterocycles. The standard InChI is InChI=1S/C16H21BrFNO2/c1-19(11-12-7-13(17)9-14(18)8-12)16(10-15(20)21)5-3-2-4-6-16/h7-9H,2-6,10-11H2,1H3,(H,20,21). The molecule has 3 nitrogen and oxygen atoms in total. The number of hydrogen-bond donors (Lipinski definition) is 1. The Hall–Kier alpha value is -0.940. The Labute approximate surface area is 133 Å². The third-order valence-electron chi connectivity index (χ3n) is 4.42. The number of halogens is 2. The fraction of sp³-hybridized carbons (Fsp3) is 0.562. The molecule has 5 heteroatoms. The van der Waals surface area contributed by atoms with Crippen molar-refractivity contribution in [1.82, 2.24) is 4.90 Å². The first-order valence-corrected chi connectivity index (χ1v) is 8.09. The highest BCUT2D eigenvalue weighted by Crippen LogP contribution is 2.36. The summed E-state index contributed by atoms with van der Waals surface area (Å²) in [5, 5.41) is 9.24. The molecule has 0 unspecified atom stereocenters. The summed E-state index contributed by atoms with van der Waals surface area (Å²) in [5.74, 6) is -1.03. The van der Waals surface area contributed by atoms with Gasteiger partial charge >= 0.3 is 5.97 Å². The van der Waals surface area contributed by atoms with Crippen LogP contribution in [0.25, 0.3) is 0 Å². The summed E-state index contributed by atoms with van der Waals surface area (Å²) >= 11 is 3.30. The van der Waals surface area contributed by atoms with Crippen molar-refractivity contribution in [3.63, 3.8) is 0 Å². The van der Waals surface area contributed by atoms with E-state index in [1.54, 1.807) is 0 Å². The van der Waals surface area contributed by atoms with Gasteiger partial charge in [0.15, 0.2) is 0 Å². The van der Waals surface area contributed by atoms with Crippen molar-refractivity contribution < 1.29 is 14.3 Å². The molecule has 1 N–H and O–H groups in total. The second-order valence-corrected chi connectivity index (χ2v) is 6.90. The number of aliphatic carboxylic acids is 1. The Bertz CT molecular complexity index is 495. The van der Waals surface area contributed by atoms with Gasteiger partial charge in [-0.3, -0.25) is 9.69 Å². The summed E-state index contributed by atoms with van der Waals surface area (Å²) in [4.78, 5) is 13.3. The molecule has 1 aromatic rings. The van der Waals surface area contributed by atoms with E-state index >= 15 is 0 Å². The maximum atomic E-state index is 13.5. The maximum Gasteiger partial charge on any atom is 0.305 e. The van der Waals surface area contributed by atoms with Crippen LogP contribution in [0.1, 0.15) is 44.1 Å². The average molecular weight is 358 g/mol. The van der Waals surface area contributed by atoms with E-state index in [1.807, 2.05) is 13.1 Å². The number of carboxylic acid groups (broad SMARTS) is 1. The Kier molecular flexibility index (Phi) is 5.38. The Morgan fingerprint density at radius 3 is 2.57 bits per heavy atom. The van der Waals surface area contributed by atoms with Crippen LogP contribution in [-0.4, -0.2) is 28.6 Å². The minimum absolute atomic E-state index is 0.153. The van der Waals surface area contributed by atoms with Crippen molar-refractivity contribution in [2.45, 2.75) is 50.6 Å². The van der Waals surface area contributed by atoms with Crippen LogP contribution in [0.2, 0.25) is 0 Å². The minimum atomic E-state index is -0.760. The Morgan fingerprint density at radius 1 is 1.33 bits per heavy atom. The SMILES string of the molecule is CN(Cc1cc(F)cc(Br)c1)C1(CC(=O)O)CCCCC1. The molecule has 0 bridgehead atoms. The third-order valence-corrected chi connectivity index (χ3v) is 4.87. The normalized spacial score (nSPS) is 17.9. The smallest absolute Gasteiger partial charge is 0.305 e. The summed E-state index contributed by atoms with van der Waals surface area (Å²) in [5.41, 5.74) is 0.558. The highest BCUT2D eigenvalue weighted by atomic mass is 79.9. The Balaban J connectivity index is 2.17. The molecule has 1 aliphatic rings. The van der Waals surface area contributed by atoms with Crippen molar-refractivity contribution in [3.8, 4) is 0 Å². The number of hydrogen-bond acceptors (Lipinski definition) is 2. The van der Waals surface area contributed by atoms with E-state index in [9.17, 15) is 14.3 Å². The van der Waals surface area contributed by atoms with Crippen LogP contribution in [-0.2, 0) is 11.3 Å². The van der Waals surface area contributed by atoms with Gasteiger partial charge in [0.25, 0.3) is 0 Å². The number of carboxylic acids is 1. The van der Waals surface area contributed by atoms with E-state index in [4.69, 9.17) is 0 Å². The monoisotopic (exact) mass is 357 g/mol. The highest BCUT2D eigenvalue weighted by molar-refractivity contribution is 9.10. The number of benzene rings is 1. The molecule has 1 saturated carbocycles. The molecule has 0 amide bonds. The molecule has 21 heavy (non-hydrogen) atoms. The summed E-state index contributed by atoms with van der Waals surface area (Å²) in [6.07, 6.45) is 5.23. The van der Waals surface area contributed by atoms with E-state index in [2.05, 4.69) is 20.8 Å². The summed E-state index contributed by atoms with van der Waals surface area (Å²) in [7, 11) is 1.95. The van der Waals surface area contributed by atoms with Gasteiger partial charge in [0.2, 0.25) is 0 Å². The Morgan fingerprint density at radius 2 is 2.00 bits per heavy atom. The van der Waals surface area contributed by atoms with Gasteiger partial charge in [0.05, 0.1) is 6.42 Å². The van der Waals surface area contributed by atoms with Gasteiger partial charge < -0.3 is 5.11 Å². The van der Waals surface area contributed by atoms with E-state index in [0.717, 1.165) is 31.2 Å². The molecule has 1 fully saturated rings. The molecule has 1 aromatic carbocycles. The zero-order chi connectivity index (χ0) is 15.5. The van der Waals surface area contributed by atoms with Crippen LogP contribution in [0, 0.1) is 5.82 Å². The van der Waals surface area contributed by atoms with Gasteiger partial charge in [-0.15, -0.1) is 0 Å². The first-order valence-electron chi connectivity index (χ1n) is 7.29. The largest absolute Gasteiger partial charge is 0.481 e. The summed E-state index contributed by atoms with van der Waals surface area (Å²) < 4.78 is 14.2. The first kappa shape index (κ1) is 16.4. The topological polar surface area (TPSA) is 40.5 Å². The highest BCUT2D eigenvalue weighted by Gasteiger charge is 2.38. The van der Waals surface area contributed by atoms with Crippen molar-refractivity contribution in [2.24, 2.45) is 0 Å². The van der Waals surface area contributed by atoms with Crippen LogP contribution >= 0.6 is 15.9 Å². The first-order chi connectivity index (χ1) is 9.91. The van der Waals surface area contributed by atoms with Gasteiger partial charge in [-0.25, -0.2) is 4.39 Å². The lowest BCUT2D eigenvalue weighted by atomic mass is 9.78. The number of carbonyl (C=O) groups is 1. The van der Waals surface area contributed by atoms with Gasteiger partial charge in [-0.1, -0.05) is 35.2 Å². The van der Waals surface area contributed by atoms with Crippen molar-refractivity contribution in [3.05, 3.63) is 34.1 Å². The quantitative estimate of drug-likeness (QED) is 0.858. The molecule has 0 atom stereocenters. The van der Waals surface area contributed by atoms with E-state index in [1.165, 1.54) is 18.6 Å². The zero-order valence-corrected chi connectivity index (χ0v) is 13.8. The van der Waals surface area contributed by atoms with Crippen LogP contribution in [0.15, 0.2) is 22.7 Å². The van der Waals surface area contributed by atoms with Crippen molar-refractivity contribution in [2.75, 3.05) is 7.05 Å². The lowest BCUT2D eigenvalue weighted by Crippen LogP contribution is -2.49. The maximum absolute atomic E-state index is 13.5. The molecular formula is C16H21BrFNO2. The third kappa shape index (κ3) is 4.27. The summed E-state index contributed by atoms with van der Waals surface area (Å²) in [6, 6.07) is 4.83. The fourth-order valence-corrected chi connectivity index (χ4v) is 3.84. The molecule has 0 aliphatic heterocycles. The lowest BCUT2D eigenvalue weighted by molar-refractivity contribution is -0.141. The van der Waals surface area contributed by atoms with E-state index < -0.39 is 5.97 Å². The van der Waals surface area contributed by atoms with Gasteiger partial charge in [-0.2, -0.15) is 0 Å². The van der Waals surface area contributed by atoms with Gasteiger partial charge in [0.1, 0.15) is 5.82 Å². The van der Waals surface area contributed by atoms with Gasteiger partial charge in [0, 0.05) is 16.6 Å². The molecule has 1 aliphatic carbocycles. The van der Waals surface area contributed by atoms with Crippen molar-refractivity contribution >= 4 is 21.9 Å². The predicted octanol–water partition coefficient (Wildman–Crippen LogP) is 4.20. The minimum Gasteiger partial charge on any atom is -0.481 e. The van der Waals surface area contributed by atoms with Gasteiger partial charge in [-0.05, 0) is 43.7 Å². The molecule has 0 aromatic heterocycles. The van der Waals surface area contributed by atoms with E-state index in [0.29, 0.717) is 11.0 Å². The van der Waals surface area contributed by atoms with Crippen molar-refractivity contribution in [1.29, 1.82) is 0 Å². The zero-order valence-electron chi connectivity index (χ0n) is 12.2. The fourth-order valence-electron chi connectivity index (χ4n) is 3.33. The predicted molar refractivity (Wildman–Crippen MR) is 83.6 cm³/mol. The molecular weight excluding hydrogens is 337 g/mol. The van der Waals surface area contributed by atoms with Crippen LogP contribution in [0.3, 0.4) is 0 Å². The molecule has 0 spiro atoms. The van der Waals surface area contributed by atoms with Crippen LogP contribution < -0.4 is 0 Å². The van der Waals surface area contributed by atoms with Crippen LogP contribution in [0.5, 0.6) is 0 Å². The molecule has 0 radical (unpaired) electrons.